The highest BCUT2D eigenvalue weighted by atomic mass is 16.6. The highest BCUT2D eigenvalue weighted by molar-refractivity contribution is 5.76. The highest BCUT2D eigenvalue weighted by Gasteiger charge is 2.24. The summed E-state index contributed by atoms with van der Waals surface area (Å²) in [7, 11) is 0. The molecule has 2 saturated heterocycles. The van der Waals surface area contributed by atoms with Gasteiger partial charge in [-0.15, -0.1) is 0 Å². The van der Waals surface area contributed by atoms with Crippen LogP contribution in [0, 0.1) is 0 Å². The van der Waals surface area contributed by atoms with Crippen molar-refractivity contribution in [2.45, 2.75) is 50.7 Å². The maximum Gasteiger partial charge on any atom is 0.122 e. The average molecular weight is 433 g/mol. The molecule has 0 aromatic heterocycles. The smallest absolute Gasteiger partial charge is 0.122 e. The maximum absolute atomic E-state index is 6.04. The Hall–Kier alpha value is -2.56. The van der Waals surface area contributed by atoms with E-state index in [9.17, 15) is 0 Å². The number of hydrogen-bond acceptors (Lipinski definition) is 4. The van der Waals surface area contributed by atoms with E-state index in [2.05, 4.69) is 67.6 Å². The van der Waals surface area contributed by atoms with Crippen molar-refractivity contribution in [3.8, 4) is 11.5 Å². The first-order chi connectivity index (χ1) is 15.8. The van der Waals surface area contributed by atoms with Crippen LogP contribution in [-0.4, -0.2) is 38.6 Å². The molecule has 2 aromatic rings. The van der Waals surface area contributed by atoms with Gasteiger partial charge in [-0.05, 0) is 65.8 Å². The molecule has 3 aliphatic rings. The third-order valence-corrected chi connectivity index (χ3v) is 6.27. The number of allylic oxidation sites excluding steroid dienone is 4. The average Bonchev–Trinajstić information content (AvgIpc) is 3.76. The summed E-state index contributed by atoms with van der Waals surface area (Å²) in [4.78, 5) is 0. The summed E-state index contributed by atoms with van der Waals surface area (Å²) < 4.78 is 22.3. The number of rotatable bonds is 11. The van der Waals surface area contributed by atoms with Crippen molar-refractivity contribution in [2.24, 2.45) is 0 Å². The zero-order valence-electron chi connectivity index (χ0n) is 18.8. The quantitative estimate of drug-likeness (QED) is 0.427. The number of ether oxygens (including phenoxy) is 4. The van der Waals surface area contributed by atoms with Crippen LogP contribution in [0.1, 0.15) is 48.8 Å². The van der Waals surface area contributed by atoms with Gasteiger partial charge in [0.25, 0.3) is 0 Å². The minimum absolute atomic E-state index is 0.280. The van der Waals surface area contributed by atoms with Crippen molar-refractivity contribution in [3.63, 3.8) is 0 Å². The fourth-order valence-corrected chi connectivity index (χ4v) is 4.06. The van der Waals surface area contributed by atoms with Crippen LogP contribution < -0.4 is 9.47 Å². The molecule has 2 fully saturated rings. The molecule has 0 radical (unpaired) electrons. The first-order valence-corrected chi connectivity index (χ1v) is 11.9. The monoisotopic (exact) mass is 432 g/mol. The largest absolute Gasteiger partial charge is 0.491 e. The molecule has 0 saturated carbocycles. The normalized spacial score (nSPS) is 23.5. The maximum atomic E-state index is 6.04. The number of hydrogen-bond donors (Lipinski definition) is 0. The lowest BCUT2D eigenvalue weighted by Crippen LogP contribution is -2.06. The molecule has 5 rings (SSSR count). The van der Waals surface area contributed by atoms with E-state index >= 15 is 0 Å². The Bertz CT molecular complexity index is 967. The summed E-state index contributed by atoms with van der Waals surface area (Å²) in [5, 5.41) is 0. The second kappa shape index (κ2) is 9.93. The van der Waals surface area contributed by atoms with Crippen molar-refractivity contribution in [2.75, 3.05) is 26.4 Å². The van der Waals surface area contributed by atoms with Gasteiger partial charge in [-0.1, -0.05) is 49.8 Å². The van der Waals surface area contributed by atoms with Gasteiger partial charge < -0.3 is 18.9 Å². The zero-order valence-corrected chi connectivity index (χ0v) is 18.8. The molecule has 2 heterocycles. The van der Waals surface area contributed by atoms with E-state index in [1.54, 1.807) is 0 Å². The third kappa shape index (κ3) is 5.62. The SMILES string of the molecule is CCCCc1cc(C2=CCC(c3ccc(OCC4CO4)cc3)C=C2)ccc1OCC1CO1. The molecule has 4 heteroatoms. The van der Waals surface area contributed by atoms with Crippen molar-refractivity contribution in [1.82, 2.24) is 0 Å². The van der Waals surface area contributed by atoms with E-state index in [1.165, 1.54) is 35.1 Å². The van der Waals surface area contributed by atoms with Crippen molar-refractivity contribution >= 4 is 5.57 Å². The Morgan fingerprint density at radius 2 is 1.69 bits per heavy atom. The number of epoxide rings is 2. The van der Waals surface area contributed by atoms with E-state index in [0.717, 1.165) is 37.6 Å². The summed E-state index contributed by atoms with van der Waals surface area (Å²) >= 11 is 0. The molecule has 2 aromatic carbocycles. The Labute approximate surface area is 190 Å². The Morgan fingerprint density at radius 1 is 0.938 bits per heavy atom. The Balaban J connectivity index is 1.23. The van der Waals surface area contributed by atoms with Crippen LogP contribution in [0.5, 0.6) is 11.5 Å². The molecule has 168 valence electrons. The van der Waals surface area contributed by atoms with Crippen LogP contribution in [0.4, 0.5) is 0 Å². The fourth-order valence-electron chi connectivity index (χ4n) is 4.06. The minimum Gasteiger partial charge on any atom is -0.491 e. The van der Waals surface area contributed by atoms with Crippen LogP contribution in [0.25, 0.3) is 5.57 Å². The predicted molar refractivity (Wildman–Crippen MR) is 126 cm³/mol. The van der Waals surface area contributed by atoms with Gasteiger partial charge in [0, 0.05) is 5.92 Å². The lowest BCUT2D eigenvalue weighted by molar-refractivity contribution is 0.261. The van der Waals surface area contributed by atoms with E-state index in [-0.39, 0.29) is 12.2 Å². The van der Waals surface area contributed by atoms with Gasteiger partial charge in [-0.2, -0.15) is 0 Å². The molecule has 0 N–H and O–H groups in total. The molecular formula is C28H32O4. The summed E-state index contributed by atoms with van der Waals surface area (Å²) in [5.41, 5.74) is 5.18. The lowest BCUT2D eigenvalue weighted by Gasteiger charge is -2.18. The lowest BCUT2D eigenvalue weighted by atomic mass is 9.87. The molecule has 1 aliphatic carbocycles. The van der Waals surface area contributed by atoms with Gasteiger partial charge in [-0.25, -0.2) is 0 Å². The number of unbranched alkanes of at least 4 members (excludes halogenated alkanes) is 1. The summed E-state index contributed by atoms with van der Waals surface area (Å²) in [5.74, 6) is 2.32. The van der Waals surface area contributed by atoms with Crippen LogP contribution in [0.2, 0.25) is 0 Å². The number of benzene rings is 2. The van der Waals surface area contributed by atoms with E-state index in [4.69, 9.17) is 18.9 Å². The second-order valence-electron chi connectivity index (χ2n) is 8.89. The van der Waals surface area contributed by atoms with Gasteiger partial charge in [0.05, 0.1) is 13.2 Å². The van der Waals surface area contributed by atoms with Gasteiger partial charge in [0.1, 0.15) is 36.9 Å². The molecule has 0 amide bonds. The standard InChI is InChI=1S/C28H32O4/c1-2-3-4-24-15-23(11-14-28(24)32-19-27-18-31-27)22-7-5-20(6-8-22)21-9-12-25(13-10-21)29-16-26-17-30-26/h5,7-15,20,26-27H,2-4,6,16-19H2,1H3. The molecular weight excluding hydrogens is 400 g/mol. The zero-order chi connectivity index (χ0) is 21.8. The second-order valence-corrected chi connectivity index (χ2v) is 8.89. The van der Waals surface area contributed by atoms with Crippen molar-refractivity contribution < 1.29 is 18.9 Å². The Morgan fingerprint density at radius 3 is 2.34 bits per heavy atom. The molecule has 0 spiro atoms. The van der Waals surface area contributed by atoms with Crippen LogP contribution in [-0.2, 0) is 15.9 Å². The van der Waals surface area contributed by atoms with Gasteiger partial charge >= 0.3 is 0 Å². The third-order valence-electron chi connectivity index (χ3n) is 6.27. The molecule has 32 heavy (non-hydrogen) atoms. The van der Waals surface area contributed by atoms with E-state index in [1.807, 2.05) is 0 Å². The van der Waals surface area contributed by atoms with Gasteiger partial charge in [-0.3, -0.25) is 0 Å². The van der Waals surface area contributed by atoms with Crippen LogP contribution in [0.15, 0.2) is 60.7 Å². The summed E-state index contributed by atoms with van der Waals surface area (Å²) in [6.07, 6.45) is 11.9. The minimum atomic E-state index is 0.280. The summed E-state index contributed by atoms with van der Waals surface area (Å²) in [6.45, 7) is 5.18. The van der Waals surface area contributed by atoms with Gasteiger partial charge in [0.15, 0.2) is 0 Å². The Kier molecular flexibility index (Phi) is 6.61. The molecule has 3 atom stereocenters. The van der Waals surface area contributed by atoms with Crippen LogP contribution >= 0.6 is 0 Å². The first-order valence-electron chi connectivity index (χ1n) is 11.9. The topological polar surface area (TPSA) is 43.5 Å². The summed E-state index contributed by atoms with van der Waals surface area (Å²) in [6, 6.07) is 15.1. The van der Waals surface area contributed by atoms with Crippen LogP contribution in [0.3, 0.4) is 0 Å². The first kappa shape index (κ1) is 21.3. The molecule has 4 nitrogen and oxygen atoms in total. The highest BCUT2D eigenvalue weighted by Crippen LogP contribution is 2.33. The van der Waals surface area contributed by atoms with Gasteiger partial charge in [0.2, 0.25) is 0 Å². The predicted octanol–water partition coefficient (Wildman–Crippen LogP) is 5.71. The van der Waals surface area contributed by atoms with Crippen molar-refractivity contribution in [3.05, 3.63) is 77.4 Å². The molecule has 0 bridgehead atoms. The number of aryl methyl sites for hydroxylation is 1. The molecule has 2 aliphatic heterocycles. The fraction of sp³-hybridized carbons (Fsp3) is 0.429. The molecule has 3 unspecified atom stereocenters. The van der Waals surface area contributed by atoms with E-state index < -0.39 is 0 Å². The van der Waals surface area contributed by atoms with Crippen molar-refractivity contribution in [1.29, 1.82) is 0 Å². The van der Waals surface area contributed by atoms with E-state index in [0.29, 0.717) is 19.1 Å².